The summed E-state index contributed by atoms with van der Waals surface area (Å²) in [5.41, 5.74) is -0.645. The Hall–Kier alpha value is -0.880. The number of ketones is 1. The summed E-state index contributed by atoms with van der Waals surface area (Å²) in [4.78, 5) is 11.5. The molecule has 0 aromatic heterocycles. The third kappa shape index (κ3) is 2.33. The van der Waals surface area contributed by atoms with Gasteiger partial charge in [0.2, 0.25) is 0 Å². The van der Waals surface area contributed by atoms with E-state index < -0.39 is 5.41 Å². The summed E-state index contributed by atoms with van der Waals surface area (Å²) in [5, 5.41) is 9.04. The van der Waals surface area contributed by atoms with Gasteiger partial charge in [-0.05, 0) is 32.1 Å². The number of hydrogen-bond acceptors (Lipinski definition) is 3. The molecule has 0 aromatic rings. The number of methoxy groups -OCH3 is 1. The van der Waals surface area contributed by atoms with Crippen molar-refractivity contribution in [1.29, 1.82) is 5.26 Å². The van der Waals surface area contributed by atoms with Gasteiger partial charge in [-0.3, -0.25) is 4.79 Å². The van der Waals surface area contributed by atoms with Crippen molar-refractivity contribution in [2.45, 2.75) is 38.5 Å². The van der Waals surface area contributed by atoms with Crippen LogP contribution < -0.4 is 0 Å². The molecule has 1 aliphatic rings. The van der Waals surface area contributed by atoms with Crippen molar-refractivity contribution in [2.75, 3.05) is 13.7 Å². The molecule has 0 aliphatic heterocycles. The van der Waals surface area contributed by atoms with E-state index in [1.807, 2.05) is 0 Å². The fraction of sp³-hybridized carbons (Fsp3) is 0.818. The minimum atomic E-state index is -0.645. The maximum absolute atomic E-state index is 11.5. The molecule has 0 bridgehead atoms. The minimum absolute atomic E-state index is 0.150. The first-order valence-electron chi connectivity index (χ1n) is 5.19. The molecule has 1 unspecified atom stereocenters. The topological polar surface area (TPSA) is 50.1 Å². The summed E-state index contributed by atoms with van der Waals surface area (Å²) in [7, 11) is 1.67. The van der Waals surface area contributed by atoms with Crippen molar-refractivity contribution in [2.24, 2.45) is 5.41 Å². The van der Waals surface area contributed by atoms with Crippen LogP contribution >= 0.6 is 0 Å². The van der Waals surface area contributed by atoms with Gasteiger partial charge >= 0.3 is 0 Å². The Labute approximate surface area is 85.1 Å². The molecule has 0 spiro atoms. The van der Waals surface area contributed by atoms with Crippen LogP contribution in [0.3, 0.4) is 0 Å². The largest absolute Gasteiger partial charge is 0.385 e. The highest BCUT2D eigenvalue weighted by Gasteiger charge is 2.41. The first kappa shape index (κ1) is 11.2. The summed E-state index contributed by atoms with van der Waals surface area (Å²) in [6.07, 6.45) is 4.80. The van der Waals surface area contributed by atoms with Gasteiger partial charge < -0.3 is 4.74 Å². The van der Waals surface area contributed by atoms with Crippen LogP contribution in [0.2, 0.25) is 0 Å². The second-order valence-electron chi connectivity index (χ2n) is 3.92. The Bertz CT molecular complexity index is 244. The molecule has 1 atom stereocenters. The predicted octanol–water partition coefficient (Wildman–Crippen LogP) is 2.07. The van der Waals surface area contributed by atoms with Crippen molar-refractivity contribution in [1.82, 2.24) is 0 Å². The summed E-state index contributed by atoms with van der Waals surface area (Å²) in [5.74, 6) is 0.150. The summed E-state index contributed by atoms with van der Waals surface area (Å²) in [6.45, 7) is 0.718. The summed E-state index contributed by atoms with van der Waals surface area (Å²) >= 11 is 0. The third-order valence-corrected chi connectivity index (χ3v) is 2.96. The zero-order valence-electron chi connectivity index (χ0n) is 8.71. The Morgan fingerprint density at radius 3 is 2.86 bits per heavy atom. The van der Waals surface area contributed by atoms with Crippen molar-refractivity contribution in [3.63, 3.8) is 0 Å². The first-order chi connectivity index (χ1) is 6.75. The molecule has 0 heterocycles. The monoisotopic (exact) mass is 195 g/mol. The van der Waals surface area contributed by atoms with Crippen LogP contribution in [0.25, 0.3) is 0 Å². The Kier molecular flexibility index (Phi) is 4.09. The molecule has 14 heavy (non-hydrogen) atoms. The maximum atomic E-state index is 11.5. The smallest absolute Gasteiger partial charge is 0.153 e. The lowest BCUT2D eigenvalue weighted by Gasteiger charge is -2.17. The quantitative estimate of drug-likeness (QED) is 0.631. The van der Waals surface area contributed by atoms with Crippen molar-refractivity contribution in [3.8, 4) is 6.07 Å². The van der Waals surface area contributed by atoms with Crippen molar-refractivity contribution in [3.05, 3.63) is 0 Å². The lowest BCUT2D eigenvalue weighted by atomic mass is 9.82. The number of Topliss-reactive ketones (excluding diaryl/α,β-unsaturated/α-hetero) is 1. The van der Waals surface area contributed by atoms with Crippen LogP contribution in [0.15, 0.2) is 0 Å². The molecule has 1 aliphatic carbocycles. The molecule has 3 heteroatoms. The highest BCUT2D eigenvalue weighted by molar-refractivity contribution is 5.89. The van der Waals surface area contributed by atoms with E-state index in [4.69, 9.17) is 10.00 Å². The standard InChI is InChI=1S/C11H17NO2/c1-14-8-3-2-6-11(9-12)7-4-5-10(11)13/h2-8H2,1H3. The lowest BCUT2D eigenvalue weighted by Crippen LogP contribution is -2.23. The average molecular weight is 195 g/mol. The van der Waals surface area contributed by atoms with Gasteiger partial charge in [-0.15, -0.1) is 0 Å². The molecule has 1 rings (SSSR count). The van der Waals surface area contributed by atoms with E-state index in [-0.39, 0.29) is 5.78 Å². The highest BCUT2D eigenvalue weighted by atomic mass is 16.5. The Morgan fingerprint density at radius 2 is 2.36 bits per heavy atom. The Morgan fingerprint density at radius 1 is 1.57 bits per heavy atom. The third-order valence-electron chi connectivity index (χ3n) is 2.96. The molecular formula is C11H17NO2. The van der Waals surface area contributed by atoms with Gasteiger partial charge in [-0.1, -0.05) is 0 Å². The minimum Gasteiger partial charge on any atom is -0.385 e. The van der Waals surface area contributed by atoms with Gasteiger partial charge in [-0.2, -0.15) is 5.26 Å². The van der Waals surface area contributed by atoms with E-state index in [2.05, 4.69) is 6.07 Å². The van der Waals surface area contributed by atoms with Crippen molar-refractivity contribution >= 4 is 5.78 Å². The zero-order valence-corrected chi connectivity index (χ0v) is 8.71. The van der Waals surface area contributed by atoms with Crippen LogP contribution in [0, 0.1) is 16.7 Å². The average Bonchev–Trinajstić information content (AvgIpc) is 2.56. The van der Waals surface area contributed by atoms with E-state index in [9.17, 15) is 4.79 Å². The van der Waals surface area contributed by atoms with E-state index in [0.29, 0.717) is 12.8 Å². The number of hydrogen-bond donors (Lipinski definition) is 0. The van der Waals surface area contributed by atoms with E-state index in [1.54, 1.807) is 7.11 Å². The van der Waals surface area contributed by atoms with Crippen LogP contribution in [0.4, 0.5) is 0 Å². The SMILES string of the molecule is COCCCCC1(C#N)CCCC1=O. The number of carbonyl (C=O) groups excluding carboxylic acids is 1. The Balaban J connectivity index is 2.39. The van der Waals surface area contributed by atoms with Gasteiger partial charge in [-0.25, -0.2) is 0 Å². The van der Waals surface area contributed by atoms with Crippen LogP contribution in [0.5, 0.6) is 0 Å². The van der Waals surface area contributed by atoms with Gasteiger partial charge in [0.15, 0.2) is 5.78 Å². The highest BCUT2D eigenvalue weighted by Crippen LogP contribution is 2.38. The molecule has 78 valence electrons. The molecule has 3 nitrogen and oxygen atoms in total. The van der Waals surface area contributed by atoms with Gasteiger partial charge in [0.25, 0.3) is 0 Å². The molecular weight excluding hydrogens is 178 g/mol. The number of carbonyl (C=O) groups is 1. The number of ether oxygens (including phenoxy) is 1. The van der Waals surface area contributed by atoms with Crippen LogP contribution in [0.1, 0.15) is 38.5 Å². The van der Waals surface area contributed by atoms with Crippen LogP contribution in [-0.2, 0) is 9.53 Å². The first-order valence-corrected chi connectivity index (χ1v) is 5.19. The summed E-state index contributed by atoms with van der Waals surface area (Å²) in [6, 6.07) is 2.21. The number of nitriles is 1. The van der Waals surface area contributed by atoms with E-state index in [0.717, 1.165) is 32.3 Å². The zero-order chi connectivity index (χ0) is 10.4. The lowest BCUT2D eigenvalue weighted by molar-refractivity contribution is -0.123. The van der Waals surface area contributed by atoms with E-state index in [1.165, 1.54) is 0 Å². The van der Waals surface area contributed by atoms with Crippen LogP contribution in [-0.4, -0.2) is 19.5 Å². The molecule has 0 radical (unpaired) electrons. The van der Waals surface area contributed by atoms with Gasteiger partial charge in [0, 0.05) is 20.1 Å². The fourth-order valence-corrected chi connectivity index (χ4v) is 2.04. The molecule has 1 fully saturated rings. The van der Waals surface area contributed by atoms with E-state index >= 15 is 0 Å². The molecule has 0 aromatic carbocycles. The second kappa shape index (κ2) is 5.11. The number of nitrogens with zero attached hydrogens (tertiary/aromatic N) is 1. The molecule has 1 saturated carbocycles. The molecule has 0 N–H and O–H groups in total. The van der Waals surface area contributed by atoms with Crippen molar-refractivity contribution < 1.29 is 9.53 Å². The molecule has 0 amide bonds. The normalized spacial score (nSPS) is 26.4. The second-order valence-corrected chi connectivity index (χ2v) is 3.92. The van der Waals surface area contributed by atoms with Gasteiger partial charge in [0.1, 0.15) is 5.41 Å². The fourth-order valence-electron chi connectivity index (χ4n) is 2.04. The molecule has 0 saturated heterocycles. The predicted molar refractivity (Wildman–Crippen MR) is 52.6 cm³/mol. The number of unbranched alkanes of at least 4 members (excludes halogenated alkanes) is 1. The maximum Gasteiger partial charge on any atom is 0.153 e. The van der Waals surface area contributed by atoms with Gasteiger partial charge in [0.05, 0.1) is 6.07 Å². The summed E-state index contributed by atoms with van der Waals surface area (Å²) < 4.78 is 4.93. The number of rotatable bonds is 5.